The Kier molecular flexibility index (Phi) is 4.05. The fourth-order valence-electron chi connectivity index (χ4n) is 2.90. The molecule has 0 bridgehead atoms. The summed E-state index contributed by atoms with van der Waals surface area (Å²) in [5, 5.41) is 0. The topological polar surface area (TPSA) is 26.8 Å². The molecule has 2 aliphatic heterocycles. The van der Waals surface area contributed by atoms with Crippen molar-refractivity contribution >= 4 is 5.91 Å². The summed E-state index contributed by atoms with van der Waals surface area (Å²) in [6.07, 6.45) is 2.29. The first-order valence-electron chi connectivity index (χ1n) is 6.80. The van der Waals surface area contributed by atoms with E-state index in [4.69, 9.17) is 0 Å². The van der Waals surface area contributed by atoms with Crippen molar-refractivity contribution in [2.24, 2.45) is 0 Å². The molecule has 2 aliphatic rings. The van der Waals surface area contributed by atoms with Gasteiger partial charge in [-0.05, 0) is 33.7 Å². The highest BCUT2D eigenvalue weighted by Gasteiger charge is 2.31. The molecular formula is C13H25N3O. The first-order chi connectivity index (χ1) is 8.08. The second-order valence-corrected chi connectivity index (χ2v) is 5.69. The molecule has 0 atom stereocenters. The monoisotopic (exact) mass is 239 g/mol. The van der Waals surface area contributed by atoms with Crippen LogP contribution in [0.15, 0.2) is 0 Å². The van der Waals surface area contributed by atoms with Gasteiger partial charge in [-0.3, -0.25) is 9.69 Å². The zero-order chi connectivity index (χ0) is 12.4. The van der Waals surface area contributed by atoms with Crippen molar-refractivity contribution in [1.82, 2.24) is 14.7 Å². The van der Waals surface area contributed by atoms with Crippen LogP contribution >= 0.6 is 0 Å². The number of carbonyl (C=O) groups excluding carboxylic acids is 1. The molecule has 0 aromatic carbocycles. The van der Waals surface area contributed by atoms with E-state index in [0.717, 1.165) is 39.0 Å². The molecule has 0 aromatic rings. The van der Waals surface area contributed by atoms with Gasteiger partial charge in [-0.25, -0.2) is 0 Å². The Morgan fingerprint density at radius 3 is 2.29 bits per heavy atom. The van der Waals surface area contributed by atoms with E-state index in [0.29, 0.717) is 24.5 Å². The van der Waals surface area contributed by atoms with Gasteiger partial charge in [0, 0.05) is 38.3 Å². The normalized spacial score (nSPS) is 25.9. The lowest BCUT2D eigenvalue weighted by Crippen LogP contribution is -2.55. The van der Waals surface area contributed by atoms with E-state index in [1.807, 2.05) is 7.05 Å². The molecule has 98 valence electrons. The summed E-state index contributed by atoms with van der Waals surface area (Å²) in [7, 11) is 2.02. The standard InChI is InChI=1S/C13H25N3O/c1-11(2)15-6-4-12(5-7-15)16-9-8-14(3)10-13(16)17/h11-12H,4-10H2,1-3H3. The predicted octanol–water partition coefficient (Wildman–Crippen LogP) is 0.633. The molecule has 0 radical (unpaired) electrons. The maximum Gasteiger partial charge on any atom is 0.237 e. The number of likely N-dealkylation sites (tertiary alicyclic amines) is 1. The summed E-state index contributed by atoms with van der Waals surface area (Å²) in [5.74, 6) is 0.321. The van der Waals surface area contributed by atoms with E-state index in [1.54, 1.807) is 0 Å². The van der Waals surface area contributed by atoms with Crippen LogP contribution in [-0.4, -0.2) is 72.5 Å². The third-order valence-corrected chi connectivity index (χ3v) is 4.12. The van der Waals surface area contributed by atoms with Gasteiger partial charge in [0.2, 0.25) is 5.91 Å². The maximum absolute atomic E-state index is 12.0. The van der Waals surface area contributed by atoms with Crippen LogP contribution in [0.1, 0.15) is 26.7 Å². The van der Waals surface area contributed by atoms with Crippen LogP contribution in [0, 0.1) is 0 Å². The van der Waals surface area contributed by atoms with E-state index in [2.05, 4.69) is 28.5 Å². The van der Waals surface area contributed by atoms with Crippen LogP contribution in [0.4, 0.5) is 0 Å². The van der Waals surface area contributed by atoms with Crippen molar-refractivity contribution in [3.63, 3.8) is 0 Å². The minimum Gasteiger partial charge on any atom is -0.337 e. The molecular weight excluding hydrogens is 214 g/mol. The second kappa shape index (κ2) is 5.36. The lowest BCUT2D eigenvalue weighted by Gasteiger charge is -2.42. The summed E-state index contributed by atoms with van der Waals surface area (Å²) in [5.41, 5.74) is 0. The Hall–Kier alpha value is -0.610. The van der Waals surface area contributed by atoms with E-state index in [-0.39, 0.29) is 0 Å². The molecule has 0 aliphatic carbocycles. The smallest absolute Gasteiger partial charge is 0.237 e. The second-order valence-electron chi connectivity index (χ2n) is 5.69. The summed E-state index contributed by atoms with van der Waals surface area (Å²) >= 11 is 0. The minimum atomic E-state index is 0.321. The maximum atomic E-state index is 12.0. The minimum absolute atomic E-state index is 0.321. The van der Waals surface area contributed by atoms with Crippen LogP contribution in [0.2, 0.25) is 0 Å². The molecule has 4 nitrogen and oxygen atoms in total. The van der Waals surface area contributed by atoms with Crippen molar-refractivity contribution in [2.75, 3.05) is 39.8 Å². The lowest BCUT2D eigenvalue weighted by atomic mass is 10.0. The number of rotatable bonds is 2. The molecule has 2 heterocycles. The molecule has 0 aromatic heterocycles. The molecule has 0 spiro atoms. The summed E-state index contributed by atoms with van der Waals surface area (Å²) in [4.78, 5) is 18.7. The first kappa shape index (κ1) is 12.8. The highest BCUT2D eigenvalue weighted by atomic mass is 16.2. The zero-order valence-electron chi connectivity index (χ0n) is 11.4. The van der Waals surface area contributed by atoms with Gasteiger partial charge in [-0.1, -0.05) is 0 Å². The number of carbonyl (C=O) groups is 1. The molecule has 4 heteroatoms. The van der Waals surface area contributed by atoms with Crippen molar-refractivity contribution in [3.05, 3.63) is 0 Å². The SMILES string of the molecule is CC(C)N1CCC(N2CCN(C)CC2=O)CC1. The van der Waals surface area contributed by atoms with Gasteiger partial charge < -0.3 is 9.80 Å². The average molecular weight is 239 g/mol. The van der Waals surface area contributed by atoms with Crippen molar-refractivity contribution < 1.29 is 4.79 Å². The Labute approximate surface area is 105 Å². The van der Waals surface area contributed by atoms with Crippen molar-refractivity contribution in [1.29, 1.82) is 0 Å². The molecule has 0 N–H and O–H groups in total. The van der Waals surface area contributed by atoms with Crippen molar-refractivity contribution in [3.8, 4) is 0 Å². The third-order valence-electron chi connectivity index (χ3n) is 4.12. The third kappa shape index (κ3) is 2.99. The van der Waals surface area contributed by atoms with Crippen LogP contribution < -0.4 is 0 Å². The quantitative estimate of drug-likeness (QED) is 0.707. The number of hydrogen-bond acceptors (Lipinski definition) is 3. The molecule has 0 unspecified atom stereocenters. The van der Waals surface area contributed by atoms with Gasteiger partial charge in [-0.2, -0.15) is 0 Å². The van der Waals surface area contributed by atoms with Crippen LogP contribution in [0.5, 0.6) is 0 Å². The first-order valence-corrected chi connectivity index (χ1v) is 6.80. The fraction of sp³-hybridized carbons (Fsp3) is 0.923. The molecule has 17 heavy (non-hydrogen) atoms. The van der Waals surface area contributed by atoms with Gasteiger partial charge in [0.15, 0.2) is 0 Å². The molecule has 2 fully saturated rings. The van der Waals surface area contributed by atoms with Gasteiger partial charge in [0.25, 0.3) is 0 Å². The summed E-state index contributed by atoms with van der Waals surface area (Å²) in [6, 6.07) is 1.13. The Morgan fingerprint density at radius 2 is 1.76 bits per heavy atom. The number of piperidine rings is 1. The van der Waals surface area contributed by atoms with Gasteiger partial charge in [0.1, 0.15) is 0 Å². The van der Waals surface area contributed by atoms with E-state index in [9.17, 15) is 4.79 Å². The van der Waals surface area contributed by atoms with Gasteiger partial charge in [0.05, 0.1) is 6.54 Å². The van der Waals surface area contributed by atoms with E-state index in [1.165, 1.54) is 0 Å². The zero-order valence-corrected chi connectivity index (χ0v) is 11.4. The number of hydrogen-bond donors (Lipinski definition) is 0. The lowest BCUT2D eigenvalue weighted by molar-refractivity contribution is -0.139. The fourth-order valence-corrected chi connectivity index (χ4v) is 2.90. The largest absolute Gasteiger partial charge is 0.337 e. The molecule has 1 amide bonds. The average Bonchev–Trinajstić information content (AvgIpc) is 2.29. The van der Waals surface area contributed by atoms with Gasteiger partial charge in [-0.15, -0.1) is 0 Å². The van der Waals surface area contributed by atoms with Crippen LogP contribution in [-0.2, 0) is 4.79 Å². The van der Waals surface area contributed by atoms with Crippen molar-refractivity contribution in [2.45, 2.75) is 38.8 Å². The highest BCUT2D eigenvalue weighted by molar-refractivity contribution is 5.79. The summed E-state index contributed by atoms with van der Waals surface area (Å²) in [6.45, 7) is 9.33. The van der Waals surface area contributed by atoms with Gasteiger partial charge >= 0.3 is 0 Å². The number of amides is 1. The van der Waals surface area contributed by atoms with E-state index >= 15 is 0 Å². The predicted molar refractivity (Wildman–Crippen MR) is 68.9 cm³/mol. The van der Waals surface area contributed by atoms with Crippen LogP contribution in [0.3, 0.4) is 0 Å². The summed E-state index contributed by atoms with van der Waals surface area (Å²) < 4.78 is 0. The van der Waals surface area contributed by atoms with E-state index < -0.39 is 0 Å². The number of likely N-dealkylation sites (N-methyl/N-ethyl adjacent to an activating group) is 1. The van der Waals surface area contributed by atoms with Crippen LogP contribution in [0.25, 0.3) is 0 Å². The molecule has 2 saturated heterocycles. The molecule has 0 saturated carbocycles. The number of nitrogens with zero attached hydrogens (tertiary/aromatic N) is 3. The number of piperazine rings is 1. The Morgan fingerprint density at radius 1 is 1.12 bits per heavy atom. The highest BCUT2D eigenvalue weighted by Crippen LogP contribution is 2.19. The molecule has 2 rings (SSSR count). The Bertz CT molecular complexity index is 272. The Balaban J connectivity index is 1.86.